The van der Waals surface area contributed by atoms with Crippen LogP contribution in [0.1, 0.15) is 6.42 Å². The van der Waals surface area contributed by atoms with Crippen LogP contribution in [0.5, 0.6) is 11.8 Å². The maximum absolute atomic E-state index is 12.0. The third-order valence-corrected chi connectivity index (χ3v) is 6.91. The number of amides is 2. The van der Waals surface area contributed by atoms with Crippen molar-refractivity contribution in [3.05, 3.63) is 6.07 Å². The predicted octanol–water partition coefficient (Wildman–Crippen LogP) is -1.10. The summed E-state index contributed by atoms with van der Waals surface area (Å²) in [5.41, 5.74) is 0. The van der Waals surface area contributed by atoms with Crippen molar-refractivity contribution in [2.24, 2.45) is 0 Å². The number of anilines is 1. The zero-order chi connectivity index (χ0) is 18.0. The summed E-state index contributed by atoms with van der Waals surface area (Å²) >= 11 is 0. The van der Waals surface area contributed by atoms with Gasteiger partial charge in [0.05, 0.1) is 26.0 Å². The second-order valence-electron chi connectivity index (χ2n) is 4.50. The number of methoxy groups -OCH3 is 2. The zero-order valence-corrected chi connectivity index (χ0v) is 14.3. The zero-order valence-electron chi connectivity index (χ0n) is 12.7. The van der Waals surface area contributed by atoms with E-state index < -0.39 is 26.3 Å². The van der Waals surface area contributed by atoms with E-state index in [1.165, 1.54) is 20.3 Å². The number of nitrogens with one attached hydrogen (secondary N) is 2. The number of hydrogen-bond donors (Lipinski definition) is 2. The fraction of sp³-hybridized carbons (Fsp3) is 0.500. The van der Waals surface area contributed by atoms with Gasteiger partial charge in [0.2, 0.25) is 27.7 Å². The van der Waals surface area contributed by atoms with Gasteiger partial charge in [-0.25, -0.2) is 17.9 Å². The molecule has 12 nitrogen and oxygen atoms in total. The van der Waals surface area contributed by atoms with E-state index in [1.54, 1.807) is 4.72 Å². The van der Waals surface area contributed by atoms with Crippen molar-refractivity contribution in [2.75, 3.05) is 31.8 Å². The molecule has 0 bridgehead atoms. The van der Waals surface area contributed by atoms with Crippen molar-refractivity contribution in [1.29, 1.82) is 0 Å². The first-order valence-electron chi connectivity index (χ1n) is 6.49. The highest BCUT2D eigenvalue weighted by atomic mass is 32.3. The minimum atomic E-state index is -4.55. The maximum Gasteiger partial charge on any atom is 0.336 e. The molecule has 1 fully saturated rings. The van der Waals surface area contributed by atoms with Crippen molar-refractivity contribution in [2.45, 2.75) is 6.42 Å². The molecule has 1 aromatic rings. The number of carbonyl (C=O) groups is 1. The van der Waals surface area contributed by atoms with Crippen molar-refractivity contribution >= 4 is 32.2 Å². The van der Waals surface area contributed by atoms with Crippen molar-refractivity contribution in [3.8, 4) is 11.8 Å². The lowest BCUT2D eigenvalue weighted by atomic mass is 10.5. The van der Waals surface area contributed by atoms with Crippen molar-refractivity contribution in [1.82, 2.24) is 18.4 Å². The summed E-state index contributed by atoms with van der Waals surface area (Å²) in [7, 11) is -5.85. The Morgan fingerprint density at radius 2 is 1.83 bits per heavy atom. The lowest BCUT2D eigenvalue weighted by Gasteiger charge is -2.15. The minimum absolute atomic E-state index is 0.0714. The highest BCUT2D eigenvalue weighted by molar-refractivity contribution is 8.03. The normalized spacial score (nSPS) is 17.2. The molecule has 2 heterocycles. The van der Waals surface area contributed by atoms with Crippen LogP contribution in [0, 0.1) is 0 Å². The summed E-state index contributed by atoms with van der Waals surface area (Å²) in [4.78, 5) is 19.4. The molecule has 0 aliphatic carbocycles. The van der Waals surface area contributed by atoms with Crippen LogP contribution in [0.25, 0.3) is 0 Å². The van der Waals surface area contributed by atoms with Crippen LogP contribution in [0.4, 0.5) is 10.7 Å². The van der Waals surface area contributed by atoms with Crippen LogP contribution < -0.4 is 19.5 Å². The molecular weight excluding hydrogens is 366 g/mol. The van der Waals surface area contributed by atoms with Crippen LogP contribution in [-0.2, 0) is 20.2 Å². The van der Waals surface area contributed by atoms with E-state index >= 15 is 0 Å². The molecule has 14 heteroatoms. The van der Waals surface area contributed by atoms with E-state index in [0.717, 1.165) is 0 Å². The van der Waals surface area contributed by atoms with Gasteiger partial charge in [-0.1, -0.05) is 3.71 Å². The molecule has 1 aromatic heterocycles. The lowest BCUT2D eigenvalue weighted by Crippen LogP contribution is -2.45. The molecule has 1 aliphatic heterocycles. The number of urea groups is 1. The molecule has 2 amide bonds. The Balaban J connectivity index is 2.13. The first-order valence-corrected chi connectivity index (χ1v) is 9.54. The summed E-state index contributed by atoms with van der Waals surface area (Å²) in [5, 5.41) is 2.07. The molecule has 134 valence electrons. The van der Waals surface area contributed by atoms with Crippen LogP contribution in [0.2, 0.25) is 0 Å². The molecule has 0 aromatic carbocycles. The summed E-state index contributed by atoms with van der Waals surface area (Å²) in [6.07, 6.45) is 0.154. The Kier molecular flexibility index (Phi) is 5.10. The average molecular weight is 381 g/mol. The summed E-state index contributed by atoms with van der Waals surface area (Å²) in [6.45, 7) is -0.228. The molecule has 1 saturated heterocycles. The average Bonchev–Trinajstić information content (AvgIpc) is 2.86. The molecule has 2 N–H and O–H groups in total. The van der Waals surface area contributed by atoms with Gasteiger partial charge in [-0.3, -0.25) is 5.32 Å². The summed E-state index contributed by atoms with van der Waals surface area (Å²) < 4.78 is 58.8. The Bertz CT molecular complexity index is 817. The Morgan fingerprint density at radius 3 is 2.29 bits per heavy atom. The Hall–Kier alpha value is -2.19. The van der Waals surface area contributed by atoms with Crippen LogP contribution >= 0.6 is 0 Å². The summed E-state index contributed by atoms with van der Waals surface area (Å²) in [6, 6.07) is 0.115. The summed E-state index contributed by atoms with van der Waals surface area (Å²) in [5.74, 6) is -0.446. The fourth-order valence-corrected chi connectivity index (χ4v) is 5.24. The van der Waals surface area contributed by atoms with Gasteiger partial charge in [0.25, 0.3) is 0 Å². The maximum atomic E-state index is 12.0. The number of ether oxygens (including phenoxy) is 2. The largest absolute Gasteiger partial charge is 0.481 e. The number of hydrogen-bond acceptors (Lipinski definition) is 9. The third kappa shape index (κ3) is 4.01. The minimum Gasteiger partial charge on any atom is -0.481 e. The molecule has 0 atom stereocenters. The number of carbonyl (C=O) groups excluding carboxylic acids is 1. The predicted molar refractivity (Wildman–Crippen MR) is 81.3 cm³/mol. The van der Waals surface area contributed by atoms with E-state index in [2.05, 4.69) is 15.3 Å². The second-order valence-corrected chi connectivity index (χ2v) is 8.34. The second kappa shape index (κ2) is 6.74. The van der Waals surface area contributed by atoms with Gasteiger partial charge in [-0.05, 0) is 6.42 Å². The quantitative estimate of drug-likeness (QED) is 0.645. The smallest absolute Gasteiger partial charge is 0.336 e. The molecule has 0 radical (unpaired) electrons. The monoisotopic (exact) mass is 381 g/mol. The van der Waals surface area contributed by atoms with E-state index in [0.29, 0.717) is 0 Å². The van der Waals surface area contributed by atoms with Gasteiger partial charge in [-0.2, -0.15) is 18.4 Å². The van der Waals surface area contributed by atoms with E-state index in [1.807, 2.05) is 0 Å². The Morgan fingerprint density at radius 1 is 1.25 bits per heavy atom. The molecule has 1 aliphatic rings. The van der Waals surface area contributed by atoms with Crippen molar-refractivity contribution in [3.63, 3.8) is 0 Å². The molecule has 0 saturated carbocycles. The van der Waals surface area contributed by atoms with Gasteiger partial charge in [0.15, 0.2) is 0 Å². The van der Waals surface area contributed by atoms with Gasteiger partial charge in [0, 0.05) is 6.54 Å². The first-order chi connectivity index (χ1) is 11.2. The number of nitrogens with zero attached hydrogens (tertiary/aromatic N) is 3. The van der Waals surface area contributed by atoms with Gasteiger partial charge in [-0.15, -0.1) is 0 Å². The SMILES string of the molecule is COc1cc(OC)nc(NC(=O)NS(=O)(=O)N2CCCS2(=O)=O)n1. The first kappa shape index (κ1) is 18.2. The van der Waals surface area contributed by atoms with Gasteiger partial charge >= 0.3 is 16.2 Å². The topological polar surface area (TPSA) is 157 Å². The third-order valence-electron chi connectivity index (χ3n) is 2.87. The lowest BCUT2D eigenvalue weighted by molar-refractivity contribution is 0.256. The molecule has 24 heavy (non-hydrogen) atoms. The van der Waals surface area contributed by atoms with Crippen LogP contribution in [0.3, 0.4) is 0 Å². The van der Waals surface area contributed by atoms with E-state index in [-0.39, 0.29) is 40.1 Å². The van der Waals surface area contributed by atoms with Crippen LogP contribution in [-0.4, -0.2) is 63.1 Å². The van der Waals surface area contributed by atoms with E-state index in [4.69, 9.17) is 9.47 Å². The van der Waals surface area contributed by atoms with Gasteiger partial charge < -0.3 is 9.47 Å². The number of aromatic nitrogens is 2. The van der Waals surface area contributed by atoms with Gasteiger partial charge in [0.1, 0.15) is 0 Å². The van der Waals surface area contributed by atoms with E-state index in [9.17, 15) is 21.6 Å². The highest BCUT2D eigenvalue weighted by Crippen LogP contribution is 2.18. The number of rotatable bonds is 5. The van der Waals surface area contributed by atoms with Crippen LogP contribution in [0.15, 0.2) is 6.07 Å². The Labute approximate surface area is 138 Å². The highest BCUT2D eigenvalue weighted by Gasteiger charge is 2.39. The van der Waals surface area contributed by atoms with Crippen molar-refractivity contribution < 1.29 is 31.1 Å². The molecular formula is C10H15N5O7S2. The molecule has 2 rings (SSSR count). The standard InChI is InChI=1S/C10H15N5O7S2/c1-21-7-6-8(22-2)12-9(11-7)13-10(16)14-24(19,20)15-4-3-5-23(15,17)18/h6H,3-5H2,1-2H3,(H2,11,12,13,14,16). The fourth-order valence-electron chi connectivity index (χ4n) is 1.85. The molecule has 0 unspecified atom stereocenters. The number of sulfonamides is 1. The molecule has 0 spiro atoms.